The summed E-state index contributed by atoms with van der Waals surface area (Å²) in [5.41, 5.74) is 0.224. The fraction of sp³-hybridized carbons (Fsp3) is 0.400. The third kappa shape index (κ3) is 5.15. The summed E-state index contributed by atoms with van der Waals surface area (Å²) < 4.78 is 3.45. The third-order valence-electron chi connectivity index (χ3n) is 3.69. The van der Waals surface area contributed by atoms with Crippen LogP contribution in [-0.4, -0.2) is 59.5 Å². The first-order chi connectivity index (χ1) is 11.0. The molecule has 0 fully saturated rings. The molecule has 0 radical (unpaired) electrons. The molecule has 122 valence electrons. The quantitative estimate of drug-likeness (QED) is 0.554. The van der Waals surface area contributed by atoms with E-state index < -0.39 is 12.9 Å². The summed E-state index contributed by atoms with van der Waals surface area (Å²) in [7, 11) is -1.49. The Kier molecular flexibility index (Phi) is 6.79. The van der Waals surface area contributed by atoms with Crippen LogP contribution >= 0.6 is 0 Å². The molecule has 0 spiro atoms. The topological polar surface area (TPSA) is 95.3 Å². The monoisotopic (exact) mass is 431 g/mol. The van der Waals surface area contributed by atoms with Gasteiger partial charge in [-0.3, -0.25) is 0 Å². The van der Waals surface area contributed by atoms with Crippen LogP contribution in [0.3, 0.4) is 0 Å². The number of nitrogens with one attached hydrogen (secondary N) is 1. The van der Waals surface area contributed by atoms with E-state index in [0.717, 1.165) is 0 Å². The maximum absolute atomic E-state index is 12.4. The Labute approximate surface area is 145 Å². The van der Waals surface area contributed by atoms with Crippen LogP contribution in [0.4, 0.5) is 0 Å². The minimum atomic E-state index is -1.49. The van der Waals surface area contributed by atoms with Crippen molar-refractivity contribution in [3.63, 3.8) is 0 Å². The molecule has 0 aliphatic rings. The van der Waals surface area contributed by atoms with Crippen molar-refractivity contribution in [1.82, 2.24) is 15.3 Å². The summed E-state index contributed by atoms with van der Waals surface area (Å²) in [6, 6.07) is 3.73. The third-order valence-corrected chi connectivity index (χ3v) is 6.26. The van der Waals surface area contributed by atoms with Crippen molar-refractivity contribution in [2.24, 2.45) is 5.92 Å². The number of carbonyl (C=O) groups excluding carboxylic acids is 1. The van der Waals surface area contributed by atoms with E-state index in [0.29, 0.717) is 6.42 Å². The molecule has 2 aromatic heterocycles. The van der Waals surface area contributed by atoms with Gasteiger partial charge in [-0.2, -0.15) is 0 Å². The van der Waals surface area contributed by atoms with Crippen molar-refractivity contribution in [2.75, 3.05) is 0 Å². The van der Waals surface area contributed by atoms with Crippen molar-refractivity contribution in [3.05, 3.63) is 44.1 Å². The first-order valence-corrected chi connectivity index (χ1v) is 9.95. The molecular weight excluding hydrogens is 409 g/mol. The van der Waals surface area contributed by atoms with Crippen molar-refractivity contribution in [2.45, 2.75) is 32.1 Å². The van der Waals surface area contributed by atoms with Gasteiger partial charge in [-0.05, 0) is 0 Å². The Morgan fingerprint density at radius 3 is 2.70 bits per heavy atom. The Bertz CT molecular complexity index is 600. The summed E-state index contributed by atoms with van der Waals surface area (Å²) in [4.78, 5) is 20.3. The zero-order valence-corrected chi connectivity index (χ0v) is 15.4. The molecule has 0 bridgehead atoms. The van der Waals surface area contributed by atoms with E-state index in [9.17, 15) is 14.8 Å². The standard InChI is InChI=1S/C15H20BN3O3Te/c1-10(2)14(16(21)22)12(8-11-4-3-7-23-11)19-15(20)13-9-17-5-6-18-13/h3-7,9-10,12,14,21-22H,8H2,1-2H3,(H,19,20)/t12-,14+/m0/s1. The van der Waals surface area contributed by atoms with E-state index >= 15 is 0 Å². The summed E-state index contributed by atoms with van der Waals surface area (Å²) in [6.45, 7) is 3.84. The predicted octanol–water partition coefficient (Wildman–Crippen LogP) is 0.374. The van der Waals surface area contributed by atoms with Gasteiger partial charge in [0.2, 0.25) is 0 Å². The summed E-state index contributed by atoms with van der Waals surface area (Å²) in [5.74, 6) is -0.788. The zero-order chi connectivity index (χ0) is 16.8. The Morgan fingerprint density at radius 2 is 2.17 bits per heavy atom. The van der Waals surface area contributed by atoms with Gasteiger partial charge in [0.05, 0.1) is 0 Å². The fourth-order valence-corrected chi connectivity index (χ4v) is 4.79. The Morgan fingerprint density at radius 1 is 1.39 bits per heavy atom. The average molecular weight is 429 g/mol. The number of amides is 1. The van der Waals surface area contributed by atoms with Crippen LogP contribution in [0.5, 0.6) is 0 Å². The molecule has 8 heteroatoms. The summed E-state index contributed by atoms with van der Waals surface area (Å²) in [6.07, 6.45) is 4.99. The summed E-state index contributed by atoms with van der Waals surface area (Å²) in [5, 5.41) is 22.4. The molecule has 0 aliphatic carbocycles. The number of carbonyl (C=O) groups is 1. The Hall–Kier alpha value is -1.20. The van der Waals surface area contributed by atoms with E-state index in [-0.39, 0.29) is 44.0 Å². The molecule has 2 aromatic rings. The van der Waals surface area contributed by atoms with Crippen molar-refractivity contribution in [3.8, 4) is 0 Å². The van der Waals surface area contributed by atoms with Crippen molar-refractivity contribution < 1.29 is 14.8 Å². The van der Waals surface area contributed by atoms with Gasteiger partial charge in [0, 0.05) is 0 Å². The van der Waals surface area contributed by atoms with E-state index in [2.05, 4.69) is 25.4 Å². The average Bonchev–Trinajstić information content (AvgIpc) is 3.00. The molecule has 0 saturated carbocycles. The second-order valence-corrected chi connectivity index (χ2v) is 8.64. The molecule has 0 unspecified atom stereocenters. The van der Waals surface area contributed by atoms with Gasteiger partial charge in [0.1, 0.15) is 0 Å². The van der Waals surface area contributed by atoms with Crippen LogP contribution < -0.4 is 5.32 Å². The maximum atomic E-state index is 12.4. The van der Waals surface area contributed by atoms with Crippen LogP contribution in [0.2, 0.25) is 5.82 Å². The van der Waals surface area contributed by atoms with E-state index in [1.54, 1.807) is 0 Å². The van der Waals surface area contributed by atoms with Crippen LogP contribution in [0, 0.1) is 5.92 Å². The fourth-order valence-electron chi connectivity index (χ4n) is 2.60. The van der Waals surface area contributed by atoms with Crippen LogP contribution in [-0.2, 0) is 6.42 Å². The predicted molar refractivity (Wildman–Crippen MR) is 89.2 cm³/mol. The first kappa shape index (κ1) is 18.1. The van der Waals surface area contributed by atoms with Gasteiger partial charge in [0.25, 0.3) is 0 Å². The molecule has 2 heterocycles. The van der Waals surface area contributed by atoms with Crippen LogP contribution in [0.15, 0.2) is 34.8 Å². The molecular formula is C15H20BN3O3Te. The van der Waals surface area contributed by atoms with Crippen LogP contribution in [0.25, 0.3) is 0 Å². The first-order valence-electron chi connectivity index (χ1n) is 7.44. The molecule has 6 nitrogen and oxygen atoms in total. The molecule has 0 saturated heterocycles. The van der Waals surface area contributed by atoms with Gasteiger partial charge in [-0.25, -0.2) is 0 Å². The Balaban J connectivity index is 2.20. The second-order valence-electron chi connectivity index (χ2n) is 5.69. The van der Waals surface area contributed by atoms with Gasteiger partial charge >= 0.3 is 146 Å². The molecule has 23 heavy (non-hydrogen) atoms. The second kappa shape index (κ2) is 8.60. The van der Waals surface area contributed by atoms with Gasteiger partial charge in [-0.1, -0.05) is 0 Å². The molecule has 3 N–H and O–H groups in total. The van der Waals surface area contributed by atoms with Crippen molar-refractivity contribution in [1.29, 1.82) is 0 Å². The normalized spacial score (nSPS) is 13.6. The van der Waals surface area contributed by atoms with Crippen LogP contribution in [0.1, 0.15) is 27.9 Å². The number of nitrogens with zero attached hydrogens (tertiary/aromatic N) is 2. The molecule has 0 aromatic carbocycles. The molecule has 2 atom stereocenters. The minimum absolute atomic E-state index is 0.0118. The summed E-state index contributed by atoms with van der Waals surface area (Å²) >= 11 is -0.345. The van der Waals surface area contributed by atoms with Gasteiger partial charge in [-0.15, -0.1) is 0 Å². The van der Waals surface area contributed by atoms with Gasteiger partial charge < -0.3 is 0 Å². The zero-order valence-electron chi connectivity index (χ0n) is 13.1. The molecule has 1 amide bonds. The van der Waals surface area contributed by atoms with Crippen molar-refractivity contribution >= 4 is 33.5 Å². The number of rotatable bonds is 7. The SMILES string of the molecule is CC(C)[C@@H](B(O)O)[C@H](Cc1ccc[te]1)NC(=O)c1cnccn1. The molecule has 2 rings (SSSR count). The molecule has 0 aliphatic heterocycles. The number of aromatic nitrogens is 2. The number of hydrogen-bond acceptors (Lipinski definition) is 5. The van der Waals surface area contributed by atoms with Gasteiger partial charge in [0.15, 0.2) is 0 Å². The number of hydrogen-bond donors (Lipinski definition) is 3. The van der Waals surface area contributed by atoms with E-state index in [1.807, 2.05) is 19.9 Å². The van der Waals surface area contributed by atoms with E-state index in [1.165, 1.54) is 22.2 Å². The van der Waals surface area contributed by atoms with E-state index in [4.69, 9.17) is 0 Å².